The molecule has 0 saturated carbocycles. The Bertz CT molecular complexity index is 1080. The molecule has 4 aromatic rings. The molecule has 0 spiro atoms. The minimum Gasteiger partial charge on any atom is -0.355 e. The SMILES string of the molecule is O=C(N=c1ccccn1Cc1ccccc1)c1cc(-c2cccs2)on1. The number of hydrogen-bond donors (Lipinski definition) is 0. The van der Waals surface area contributed by atoms with E-state index in [1.165, 1.54) is 11.3 Å². The van der Waals surface area contributed by atoms with Crippen LogP contribution >= 0.6 is 11.3 Å². The van der Waals surface area contributed by atoms with Gasteiger partial charge in [0, 0.05) is 18.8 Å². The molecule has 0 unspecified atom stereocenters. The van der Waals surface area contributed by atoms with Crippen LogP contribution in [0.5, 0.6) is 0 Å². The first-order valence-electron chi connectivity index (χ1n) is 8.09. The van der Waals surface area contributed by atoms with Gasteiger partial charge in [-0.05, 0) is 29.1 Å². The summed E-state index contributed by atoms with van der Waals surface area (Å²) in [5.74, 6) is 0.147. The highest BCUT2D eigenvalue weighted by Crippen LogP contribution is 2.25. The molecule has 26 heavy (non-hydrogen) atoms. The maximum atomic E-state index is 12.5. The van der Waals surface area contributed by atoms with Crippen molar-refractivity contribution in [1.29, 1.82) is 0 Å². The lowest BCUT2D eigenvalue weighted by atomic mass is 10.2. The van der Waals surface area contributed by atoms with E-state index in [0.29, 0.717) is 17.8 Å². The Hall–Kier alpha value is -3.25. The summed E-state index contributed by atoms with van der Waals surface area (Å²) in [5, 5.41) is 5.81. The Morgan fingerprint density at radius 1 is 1.08 bits per heavy atom. The highest BCUT2D eigenvalue weighted by Gasteiger charge is 2.13. The van der Waals surface area contributed by atoms with Gasteiger partial charge in [0.1, 0.15) is 5.49 Å². The Morgan fingerprint density at radius 2 is 1.92 bits per heavy atom. The molecule has 0 radical (unpaired) electrons. The highest BCUT2D eigenvalue weighted by molar-refractivity contribution is 7.13. The van der Waals surface area contributed by atoms with Crippen LogP contribution in [-0.2, 0) is 6.54 Å². The van der Waals surface area contributed by atoms with Crippen LogP contribution in [-0.4, -0.2) is 15.6 Å². The van der Waals surface area contributed by atoms with Crippen molar-refractivity contribution in [3.05, 3.63) is 95.1 Å². The molecular weight excluding hydrogens is 346 g/mol. The van der Waals surface area contributed by atoms with Crippen LogP contribution < -0.4 is 5.49 Å². The number of amides is 1. The average Bonchev–Trinajstić information content (AvgIpc) is 3.36. The first-order chi connectivity index (χ1) is 12.8. The van der Waals surface area contributed by atoms with Gasteiger partial charge in [0.25, 0.3) is 0 Å². The lowest BCUT2D eigenvalue weighted by Crippen LogP contribution is -2.22. The number of hydrogen-bond acceptors (Lipinski definition) is 4. The van der Waals surface area contributed by atoms with Crippen molar-refractivity contribution in [2.75, 3.05) is 0 Å². The monoisotopic (exact) mass is 361 g/mol. The van der Waals surface area contributed by atoms with Gasteiger partial charge < -0.3 is 9.09 Å². The second-order valence-electron chi connectivity index (χ2n) is 5.64. The molecule has 0 aliphatic carbocycles. The minimum absolute atomic E-state index is 0.198. The molecule has 0 bridgehead atoms. The van der Waals surface area contributed by atoms with Crippen molar-refractivity contribution >= 4 is 17.2 Å². The van der Waals surface area contributed by atoms with Crippen molar-refractivity contribution in [1.82, 2.24) is 9.72 Å². The van der Waals surface area contributed by atoms with E-state index >= 15 is 0 Å². The summed E-state index contributed by atoms with van der Waals surface area (Å²) in [6.07, 6.45) is 1.90. The third-order valence-electron chi connectivity index (χ3n) is 3.82. The van der Waals surface area contributed by atoms with Crippen LogP contribution in [0, 0.1) is 0 Å². The fourth-order valence-electron chi connectivity index (χ4n) is 2.55. The van der Waals surface area contributed by atoms with Gasteiger partial charge in [0.05, 0.1) is 4.88 Å². The molecule has 6 heteroatoms. The van der Waals surface area contributed by atoms with Crippen LogP contribution in [0.15, 0.2) is 87.8 Å². The van der Waals surface area contributed by atoms with Crippen LogP contribution in [0.4, 0.5) is 0 Å². The Morgan fingerprint density at radius 3 is 2.73 bits per heavy atom. The fourth-order valence-corrected chi connectivity index (χ4v) is 3.23. The maximum Gasteiger partial charge on any atom is 0.301 e. The summed E-state index contributed by atoms with van der Waals surface area (Å²) in [7, 11) is 0. The van der Waals surface area contributed by atoms with Gasteiger partial charge in [-0.3, -0.25) is 4.79 Å². The Kier molecular flexibility index (Phi) is 4.57. The van der Waals surface area contributed by atoms with E-state index in [9.17, 15) is 4.79 Å². The fraction of sp³-hybridized carbons (Fsp3) is 0.0500. The molecule has 0 fully saturated rings. The molecular formula is C20H15N3O2S. The maximum absolute atomic E-state index is 12.5. The summed E-state index contributed by atoms with van der Waals surface area (Å²) in [4.78, 5) is 17.7. The molecule has 3 heterocycles. The summed E-state index contributed by atoms with van der Waals surface area (Å²) < 4.78 is 7.19. The predicted octanol–water partition coefficient (Wildman–Crippen LogP) is 3.99. The smallest absolute Gasteiger partial charge is 0.301 e. The number of rotatable bonds is 4. The van der Waals surface area contributed by atoms with Gasteiger partial charge >= 0.3 is 5.91 Å². The molecule has 1 amide bonds. The molecule has 4 rings (SSSR count). The number of aromatic nitrogens is 2. The van der Waals surface area contributed by atoms with Crippen LogP contribution in [0.2, 0.25) is 0 Å². The third kappa shape index (κ3) is 3.55. The van der Waals surface area contributed by atoms with Crippen LogP contribution in [0.25, 0.3) is 10.6 Å². The predicted molar refractivity (Wildman–Crippen MR) is 99.7 cm³/mol. The molecule has 0 aliphatic heterocycles. The quantitative estimate of drug-likeness (QED) is 0.552. The van der Waals surface area contributed by atoms with Gasteiger partial charge in [0.15, 0.2) is 11.5 Å². The molecule has 3 aromatic heterocycles. The average molecular weight is 361 g/mol. The molecule has 5 nitrogen and oxygen atoms in total. The van der Waals surface area contributed by atoms with Gasteiger partial charge in [-0.1, -0.05) is 47.6 Å². The second kappa shape index (κ2) is 7.33. The summed E-state index contributed by atoms with van der Waals surface area (Å²) >= 11 is 1.53. The number of carbonyl (C=O) groups is 1. The van der Waals surface area contributed by atoms with Crippen molar-refractivity contribution in [2.24, 2.45) is 4.99 Å². The first kappa shape index (κ1) is 16.2. The Balaban J connectivity index is 1.63. The van der Waals surface area contributed by atoms with Crippen molar-refractivity contribution < 1.29 is 9.32 Å². The minimum atomic E-state index is -0.426. The largest absolute Gasteiger partial charge is 0.355 e. The zero-order chi connectivity index (χ0) is 17.8. The van der Waals surface area contributed by atoms with Crippen molar-refractivity contribution in [2.45, 2.75) is 6.54 Å². The third-order valence-corrected chi connectivity index (χ3v) is 4.71. The number of pyridine rings is 1. The Labute approximate surface area is 153 Å². The van der Waals surface area contributed by atoms with E-state index in [0.717, 1.165) is 10.4 Å². The summed E-state index contributed by atoms with van der Waals surface area (Å²) in [6.45, 7) is 0.632. The van der Waals surface area contributed by atoms with E-state index in [4.69, 9.17) is 4.52 Å². The van der Waals surface area contributed by atoms with E-state index < -0.39 is 5.91 Å². The van der Waals surface area contributed by atoms with E-state index in [1.54, 1.807) is 12.1 Å². The molecule has 0 N–H and O–H groups in total. The molecule has 128 valence electrons. The summed E-state index contributed by atoms with van der Waals surface area (Å²) in [5.41, 5.74) is 1.90. The van der Waals surface area contributed by atoms with Crippen LogP contribution in [0.3, 0.4) is 0 Å². The van der Waals surface area contributed by atoms with Gasteiger partial charge in [-0.15, -0.1) is 11.3 Å². The number of carbonyl (C=O) groups excluding carboxylic acids is 1. The van der Waals surface area contributed by atoms with Gasteiger partial charge in [-0.2, -0.15) is 4.99 Å². The first-order valence-corrected chi connectivity index (χ1v) is 8.96. The van der Waals surface area contributed by atoms with E-state index in [-0.39, 0.29) is 5.69 Å². The number of thiophene rings is 1. The lowest BCUT2D eigenvalue weighted by molar-refractivity contribution is 0.0988. The van der Waals surface area contributed by atoms with Crippen molar-refractivity contribution in [3.8, 4) is 10.6 Å². The molecule has 0 atom stereocenters. The van der Waals surface area contributed by atoms with E-state index in [1.807, 2.05) is 70.7 Å². The standard InChI is InChI=1S/C20H15N3O2S/c24-20(16-13-17(25-22-16)18-9-6-12-26-18)21-19-10-4-5-11-23(19)14-15-7-2-1-3-8-15/h1-13H,14H2. The zero-order valence-corrected chi connectivity index (χ0v) is 14.6. The number of benzene rings is 1. The zero-order valence-electron chi connectivity index (χ0n) is 13.8. The van der Waals surface area contributed by atoms with Gasteiger partial charge in [0.2, 0.25) is 0 Å². The summed E-state index contributed by atoms with van der Waals surface area (Å²) in [6, 6.07) is 21.1. The normalized spacial score (nSPS) is 11.6. The highest BCUT2D eigenvalue weighted by atomic mass is 32.1. The van der Waals surface area contributed by atoms with Crippen LogP contribution in [0.1, 0.15) is 16.1 Å². The topological polar surface area (TPSA) is 60.4 Å². The second-order valence-corrected chi connectivity index (χ2v) is 6.59. The molecule has 1 aromatic carbocycles. The number of nitrogens with zero attached hydrogens (tertiary/aromatic N) is 3. The van der Waals surface area contributed by atoms with Gasteiger partial charge in [-0.25, -0.2) is 0 Å². The van der Waals surface area contributed by atoms with E-state index in [2.05, 4.69) is 10.1 Å². The van der Waals surface area contributed by atoms with Crippen molar-refractivity contribution in [3.63, 3.8) is 0 Å². The molecule has 0 saturated heterocycles. The molecule has 0 aliphatic rings. The lowest BCUT2D eigenvalue weighted by Gasteiger charge is -2.06.